The maximum absolute atomic E-state index is 5.49. The Morgan fingerprint density at radius 1 is 1.28 bits per heavy atom. The Hall–Kier alpha value is -1.06. The molecule has 2 aliphatic rings. The molecule has 1 N–H and O–H groups in total. The molecule has 2 aliphatic heterocycles. The van der Waals surface area contributed by atoms with Gasteiger partial charge in [-0.3, -0.25) is 0 Å². The van der Waals surface area contributed by atoms with E-state index in [9.17, 15) is 0 Å². The minimum atomic E-state index is 0.183. The van der Waals surface area contributed by atoms with Gasteiger partial charge in [-0.15, -0.1) is 0 Å². The van der Waals surface area contributed by atoms with Crippen molar-refractivity contribution >= 4 is 5.69 Å². The summed E-state index contributed by atoms with van der Waals surface area (Å²) in [4.78, 5) is 2.51. The van der Waals surface area contributed by atoms with Crippen molar-refractivity contribution in [3.63, 3.8) is 0 Å². The van der Waals surface area contributed by atoms with Crippen LogP contribution in [0.15, 0.2) is 18.2 Å². The zero-order valence-corrected chi connectivity index (χ0v) is 11.5. The van der Waals surface area contributed by atoms with Crippen molar-refractivity contribution in [2.45, 2.75) is 45.6 Å². The summed E-state index contributed by atoms with van der Waals surface area (Å²) >= 11 is 0. The van der Waals surface area contributed by atoms with Crippen molar-refractivity contribution in [3.8, 4) is 0 Å². The number of hydrogen-bond donors (Lipinski definition) is 1. The molecule has 0 spiro atoms. The van der Waals surface area contributed by atoms with Crippen molar-refractivity contribution in [1.29, 1.82) is 0 Å². The van der Waals surface area contributed by atoms with Crippen molar-refractivity contribution in [2.75, 3.05) is 18.0 Å². The monoisotopic (exact) mass is 246 g/mol. The van der Waals surface area contributed by atoms with Gasteiger partial charge in [0.25, 0.3) is 0 Å². The van der Waals surface area contributed by atoms with Crippen LogP contribution in [0.4, 0.5) is 5.69 Å². The van der Waals surface area contributed by atoms with E-state index >= 15 is 0 Å². The molecule has 1 aromatic rings. The van der Waals surface area contributed by atoms with E-state index in [2.05, 4.69) is 49.2 Å². The summed E-state index contributed by atoms with van der Waals surface area (Å²) in [6, 6.07) is 7.31. The lowest BCUT2D eigenvalue weighted by Crippen LogP contribution is -2.61. The molecule has 0 radical (unpaired) electrons. The Bertz CT molecular complexity index is 456. The molecule has 3 nitrogen and oxygen atoms in total. The average Bonchev–Trinajstić information content (AvgIpc) is 2.79. The summed E-state index contributed by atoms with van der Waals surface area (Å²) in [6.07, 6.45) is 0. The van der Waals surface area contributed by atoms with Crippen LogP contribution in [0, 0.1) is 0 Å². The normalized spacial score (nSPS) is 26.2. The highest BCUT2D eigenvalue weighted by Crippen LogP contribution is 2.28. The number of nitrogens with zero attached hydrogens (tertiary/aromatic N) is 1. The largest absolute Gasteiger partial charge is 0.372 e. The van der Waals surface area contributed by atoms with E-state index in [1.807, 2.05) is 0 Å². The van der Waals surface area contributed by atoms with Gasteiger partial charge >= 0.3 is 0 Å². The van der Waals surface area contributed by atoms with E-state index in [4.69, 9.17) is 4.74 Å². The Balaban J connectivity index is 1.89. The van der Waals surface area contributed by atoms with Gasteiger partial charge in [0.05, 0.1) is 13.2 Å². The lowest BCUT2D eigenvalue weighted by molar-refractivity contribution is 0.134. The molecule has 0 aliphatic carbocycles. The lowest BCUT2D eigenvalue weighted by atomic mass is 9.98. The molecule has 18 heavy (non-hydrogen) atoms. The summed E-state index contributed by atoms with van der Waals surface area (Å²) in [5.74, 6) is 0. The van der Waals surface area contributed by atoms with Gasteiger partial charge in [0.1, 0.15) is 0 Å². The number of piperazine rings is 1. The van der Waals surface area contributed by atoms with Crippen LogP contribution in [-0.4, -0.2) is 24.7 Å². The van der Waals surface area contributed by atoms with Gasteiger partial charge in [-0.25, -0.2) is 0 Å². The number of ether oxygens (including phenoxy) is 1. The van der Waals surface area contributed by atoms with E-state index in [-0.39, 0.29) is 5.54 Å². The van der Waals surface area contributed by atoms with Crippen molar-refractivity contribution in [1.82, 2.24) is 5.32 Å². The van der Waals surface area contributed by atoms with Crippen molar-refractivity contribution in [3.05, 3.63) is 29.3 Å². The summed E-state index contributed by atoms with van der Waals surface area (Å²) in [6.45, 7) is 10.5. The van der Waals surface area contributed by atoms with Crippen LogP contribution in [0.25, 0.3) is 0 Å². The van der Waals surface area contributed by atoms with E-state index in [0.29, 0.717) is 6.04 Å². The molecule has 1 aromatic carbocycles. The molecule has 98 valence electrons. The highest BCUT2D eigenvalue weighted by atomic mass is 16.5. The maximum Gasteiger partial charge on any atom is 0.0725 e. The van der Waals surface area contributed by atoms with Gasteiger partial charge in [0, 0.05) is 30.4 Å². The fourth-order valence-corrected chi connectivity index (χ4v) is 2.85. The molecule has 1 atom stereocenters. The van der Waals surface area contributed by atoms with E-state index < -0.39 is 0 Å². The van der Waals surface area contributed by atoms with Crippen LogP contribution >= 0.6 is 0 Å². The molecule has 1 fully saturated rings. The fraction of sp³-hybridized carbons (Fsp3) is 0.600. The smallest absolute Gasteiger partial charge is 0.0725 e. The third-order valence-corrected chi connectivity index (χ3v) is 4.01. The molecule has 0 bridgehead atoms. The van der Waals surface area contributed by atoms with Crippen molar-refractivity contribution in [2.24, 2.45) is 0 Å². The molecule has 3 rings (SSSR count). The number of hydrogen-bond acceptors (Lipinski definition) is 3. The van der Waals surface area contributed by atoms with Crippen LogP contribution in [0.3, 0.4) is 0 Å². The second-order valence-corrected chi connectivity index (χ2v) is 6.19. The van der Waals surface area contributed by atoms with Gasteiger partial charge in [-0.05, 0) is 44.0 Å². The molecule has 2 heterocycles. The zero-order chi connectivity index (χ0) is 12.8. The molecular formula is C15H22N2O. The zero-order valence-electron chi connectivity index (χ0n) is 11.5. The first kappa shape index (κ1) is 12.0. The standard InChI is InChI=1S/C15H22N2O/c1-11-7-16-15(2,3)10-17(11)14-5-4-12-8-18-9-13(12)6-14/h4-6,11,16H,7-10H2,1-3H3. The van der Waals surface area contributed by atoms with Crippen LogP contribution in [0.1, 0.15) is 31.9 Å². The second-order valence-electron chi connectivity index (χ2n) is 6.19. The minimum absolute atomic E-state index is 0.183. The number of anilines is 1. The average molecular weight is 246 g/mol. The van der Waals surface area contributed by atoms with Gasteiger partial charge in [0.2, 0.25) is 0 Å². The van der Waals surface area contributed by atoms with Gasteiger partial charge in [-0.1, -0.05) is 6.07 Å². The third-order valence-electron chi connectivity index (χ3n) is 4.01. The summed E-state index contributed by atoms with van der Waals surface area (Å²) in [7, 11) is 0. The molecule has 1 unspecified atom stereocenters. The summed E-state index contributed by atoms with van der Waals surface area (Å²) in [5, 5.41) is 3.59. The SMILES string of the molecule is CC1CNC(C)(C)CN1c1ccc2c(c1)COC2. The van der Waals surface area contributed by atoms with Crippen LogP contribution in [0.5, 0.6) is 0 Å². The molecule has 0 amide bonds. The highest BCUT2D eigenvalue weighted by molar-refractivity contribution is 5.53. The molecular weight excluding hydrogens is 224 g/mol. The Morgan fingerprint density at radius 2 is 2.06 bits per heavy atom. The fourth-order valence-electron chi connectivity index (χ4n) is 2.85. The van der Waals surface area contributed by atoms with Gasteiger partial charge < -0.3 is 15.0 Å². The van der Waals surface area contributed by atoms with Crippen LogP contribution in [-0.2, 0) is 18.0 Å². The van der Waals surface area contributed by atoms with Crippen molar-refractivity contribution < 1.29 is 4.74 Å². The van der Waals surface area contributed by atoms with E-state index in [0.717, 1.165) is 26.3 Å². The molecule has 0 saturated carbocycles. The first-order valence-electron chi connectivity index (χ1n) is 6.76. The maximum atomic E-state index is 5.49. The summed E-state index contributed by atoms with van der Waals surface area (Å²) < 4.78 is 5.49. The lowest BCUT2D eigenvalue weighted by Gasteiger charge is -2.44. The Labute approximate surface area is 109 Å². The molecule has 1 saturated heterocycles. The number of rotatable bonds is 1. The van der Waals surface area contributed by atoms with Gasteiger partial charge in [-0.2, -0.15) is 0 Å². The predicted molar refractivity (Wildman–Crippen MR) is 73.8 cm³/mol. The second kappa shape index (κ2) is 4.25. The Kier molecular flexibility index (Phi) is 2.83. The molecule has 3 heteroatoms. The predicted octanol–water partition coefficient (Wildman–Crippen LogP) is 2.29. The van der Waals surface area contributed by atoms with Gasteiger partial charge in [0.15, 0.2) is 0 Å². The highest BCUT2D eigenvalue weighted by Gasteiger charge is 2.30. The third kappa shape index (κ3) is 2.13. The van der Waals surface area contributed by atoms with E-state index in [1.165, 1.54) is 16.8 Å². The molecule has 0 aromatic heterocycles. The van der Waals surface area contributed by atoms with Crippen LogP contribution in [0.2, 0.25) is 0 Å². The minimum Gasteiger partial charge on any atom is -0.372 e. The first-order chi connectivity index (χ1) is 8.55. The topological polar surface area (TPSA) is 24.5 Å². The number of benzene rings is 1. The number of fused-ring (bicyclic) bond motifs is 1. The van der Waals surface area contributed by atoms with E-state index in [1.54, 1.807) is 0 Å². The Morgan fingerprint density at radius 3 is 2.89 bits per heavy atom. The first-order valence-corrected chi connectivity index (χ1v) is 6.76. The quantitative estimate of drug-likeness (QED) is 0.823. The summed E-state index contributed by atoms with van der Waals surface area (Å²) in [5.41, 5.74) is 4.22. The number of nitrogens with one attached hydrogen (secondary N) is 1. The van der Waals surface area contributed by atoms with Crippen LogP contribution < -0.4 is 10.2 Å².